The molecule has 0 fully saturated rings. The molecule has 0 bridgehead atoms. The first kappa shape index (κ1) is 23.0. The average molecular weight is 508 g/mol. The van der Waals surface area contributed by atoms with Crippen LogP contribution in [0.5, 0.6) is 11.5 Å². The van der Waals surface area contributed by atoms with Gasteiger partial charge in [-0.3, -0.25) is 0 Å². The van der Waals surface area contributed by atoms with Crippen LogP contribution in [0.4, 0.5) is 0 Å². The Balaban J connectivity index is 0.000000152. The van der Waals surface area contributed by atoms with Crippen molar-refractivity contribution in [1.82, 2.24) is 0 Å². The van der Waals surface area contributed by atoms with Crippen molar-refractivity contribution in [2.24, 2.45) is 0 Å². The smallest absolute Gasteiger partial charge is 0.0623 e. The molecule has 6 rings (SSSR count). The number of hydrogen-bond donors (Lipinski definition) is 0. The summed E-state index contributed by atoms with van der Waals surface area (Å²) in [5.74, 6) is 0.144. The van der Waals surface area contributed by atoms with Gasteiger partial charge in [0, 0.05) is 0 Å². The molecule has 0 unspecified atom stereocenters. The Kier molecular flexibility index (Phi) is 8.11. The molecule has 0 amide bonds. The molecule has 0 saturated heterocycles. The minimum Gasteiger partial charge on any atom is -0.872 e. The van der Waals surface area contributed by atoms with E-state index in [1.165, 1.54) is 47.4 Å². The zero-order valence-corrected chi connectivity index (χ0v) is 20.7. The van der Waals surface area contributed by atoms with E-state index in [0.717, 1.165) is 6.42 Å². The van der Waals surface area contributed by atoms with E-state index in [2.05, 4.69) is 60.7 Å². The minimum atomic E-state index is -0.581. The summed E-state index contributed by atoms with van der Waals surface area (Å²) in [5, 5.41) is 20.5. The van der Waals surface area contributed by atoms with E-state index in [1.807, 2.05) is 12.1 Å². The second-order valence-corrected chi connectivity index (χ2v) is 11.3. The van der Waals surface area contributed by atoms with E-state index in [-0.39, 0.29) is 11.5 Å². The fourth-order valence-corrected chi connectivity index (χ4v) is 7.02. The van der Waals surface area contributed by atoms with Gasteiger partial charge in [-0.1, -0.05) is 60.7 Å². The Morgan fingerprint density at radius 1 is 0.606 bits per heavy atom. The van der Waals surface area contributed by atoms with Gasteiger partial charge in [-0.2, -0.15) is 0 Å². The van der Waals surface area contributed by atoms with Crippen molar-refractivity contribution in [2.45, 2.75) is 12.8 Å². The van der Waals surface area contributed by atoms with E-state index in [0.29, 0.717) is 0 Å². The molecule has 0 radical (unpaired) electrons. The monoisotopic (exact) mass is 506 g/mol. The van der Waals surface area contributed by atoms with Crippen LogP contribution >= 0.6 is 0 Å². The van der Waals surface area contributed by atoms with Crippen molar-refractivity contribution in [3.63, 3.8) is 0 Å². The summed E-state index contributed by atoms with van der Waals surface area (Å²) in [6, 6.07) is 32.4. The maximum Gasteiger partial charge on any atom is -0.0623 e. The van der Waals surface area contributed by atoms with Gasteiger partial charge in [0.1, 0.15) is 0 Å². The van der Waals surface area contributed by atoms with Gasteiger partial charge in [-0.15, -0.1) is 11.5 Å². The predicted molar refractivity (Wildman–Crippen MR) is 128 cm³/mol. The van der Waals surface area contributed by atoms with Gasteiger partial charge < -0.3 is 10.2 Å². The average Bonchev–Trinajstić information content (AvgIpc) is 3.49. The fraction of sp³-hybridized carbons (Fsp3) is 0.0667. The molecule has 0 atom stereocenters. The van der Waals surface area contributed by atoms with E-state index in [4.69, 9.17) is 0 Å². The number of allylic oxidation sites excluding steroid dienone is 4. The van der Waals surface area contributed by atoms with Crippen molar-refractivity contribution in [3.05, 3.63) is 136 Å². The largest absolute Gasteiger partial charge is 0.872 e. The second-order valence-electron chi connectivity index (χ2n) is 7.74. The Morgan fingerprint density at radius 3 is 1.79 bits per heavy atom. The quantitative estimate of drug-likeness (QED) is 0.324. The normalized spacial score (nSPS) is 12.2. The summed E-state index contributed by atoms with van der Waals surface area (Å²) in [6.07, 6.45) is 9.18. The van der Waals surface area contributed by atoms with E-state index < -0.39 is 23.2 Å². The number of rotatable bonds is 2. The zero-order valence-electron chi connectivity index (χ0n) is 18.3. The van der Waals surface area contributed by atoms with Gasteiger partial charge >= 0.3 is 126 Å². The molecule has 0 aromatic heterocycles. The molecule has 0 aliphatic heterocycles. The Hall–Kier alpha value is -3.16. The van der Waals surface area contributed by atoms with Crippen LogP contribution in [0, 0.1) is 0 Å². The Morgan fingerprint density at radius 2 is 1.21 bits per heavy atom. The summed E-state index contributed by atoms with van der Waals surface area (Å²) in [7, 11) is 0. The van der Waals surface area contributed by atoms with Crippen LogP contribution in [0.2, 0.25) is 0 Å². The summed E-state index contributed by atoms with van der Waals surface area (Å²) in [4.78, 5) is 0. The second kappa shape index (κ2) is 11.6. The van der Waals surface area contributed by atoms with Crippen LogP contribution < -0.4 is 13.5 Å². The minimum absolute atomic E-state index is 0.0718. The van der Waals surface area contributed by atoms with Crippen LogP contribution in [-0.4, -0.2) is 0 Å². The molecule has 2 aliphatic carbocycles. The van der Waals surface area contributed by atoms with E-state index >= 15 is 0 Å². The van der Waals surface area contributed by atoms with E-state index in [1.54, 1.807) is 36.4 Å². The Bertz CT molecular complexity index is 1210. The third-order valence-electron chi connectivity index (χ3n) is 5.40. The van der Waals surface area contributed by atoms with Gasteiger partial charge in [0.2, 0.25) is 0 Å². The maximum absolute atomic E-state index is 10.3. The molecule has 4 aromatic rings. The molecule has 2 aliphatic rings. The van der Waals surface area contributed by atoms with Gasteiger partial charge in [-0.25, -0.2) is 0 Å². The molecule has 2 nitrogen and oxygen atoms in total. The summed E-state index contributed by atoms with van der Waals surface area (Å²) < 4.78 is 3.38. The van der Waals surface area contributed by atoms with Crippen molar-refractivity contribution in [1.29, 1.82) is 0 Å². The summed E-state index contributed by atoms with van der Waals surface area (Å²) in [5.41, 5.74) is 6.06. The fourth-order valence-electron chi connectivity index (χ4n) is 3.83. The topological polar surface area (TPSA) is 46.1 Å². The van der Waals surface area contributed by atoms with Crippen molar-refractivity contribution in [3.8, 4) is 22.6 Å². The molecule has 160 valence electrons. The number of hydrogen-bond acceptors (Lipinski definition) is 2. The van der Waals surface area contributed by atoms with E-state index in [9.17, 15) is 10.2 Å². The number of fused-ring (bicyclic) bond motifs is 3. The molecule has 33 heavy (non-hydrogen) atoms. The molecular weight excluding hydrogens is 484 g/mol. The predicted octanol–water partition coefficient (Wildman–Crippen LogP) is 5.33. The first-order chi connectivity index (χ1) is 16.2. The van der Waals surface area contributed by atoms with Gasteiger partial charge in [0.25, 0.3) is 0 Å². The molecule has 0 N–H and O–H groups in total. The van der Waals surface area contributed by atoms with Crippen LogP contribution in [-0.2, 0) is 29.7 Å². The standard InChI is InChI=1S/C13H9.2C6H6O.C5H5.Zr/c1-3-7-12-10(5-1)9-11-6-2-4-8-13(11)12;2*7-6-4-2-1-3-5-6;1-2-4-5-3-1;/h1-5,7-8H,9H2;2*1-5,7H;1-3H,4H2;/q;;;;+2/p-2. The van der Waals surface area contributed by atoms with Gasteiger partial charge in [0.15, 0.2) is 0 Å². The molecule has 0 spiro atoms. The zero-order chi connectivity index (χ0) is 22.9. The molecule has 0 saturated carbocycles. The number of benzene rings is 4. The van der Waals surface area contributed by atoms with Crippen molar-refractivity contribution in [2.75, 3.05) is 0 Å². The molecule has 4 aromatic carbocycles. The van der Waals surface area contributed by atoms with Crippen LogP contribution in [0.1, 0.15) is 17.5 Å². The van der Waals surface area contributed by atoms with Gasteiger partial charge in [0.05, 0.1) is 0 Å². The summed E-state index contributed by atoms with van der Waals surface area (Å²) >= 11 is -0.581. The molecule has 3 heteroatoms. The molecular formula is C30H24O2Zr. The third kappa shape index (κ3) is 6.43. The SMILES string of the molecule is C1=CC[C]([Zr+2][c]2cccc3c2Cc2ccccc2-3)=C1.[O-]c1ccccc1.[O-]c1ccccc1. The maximum atomic E-state index is 10.3. The summed E-state index contributed by atoms with van der Waals surface area (Å²) in [6.45, 7) is 0. The van der Waals surface area contributed by atoms with Crippen LogP contribution in [0.15, 0.2) is 125 Å². The Labute approximate surface area is 207 Å². The van der Waals surface area contributed by atoms with Crippen molar-refractivity contribution < 1.29 is 33.4 Å². The number of para-hydroxylation sites is 2. The third-order valence-corrected chi connectivity index (χ3v) is 8.92. The van der Waals surface area contributed by atoms with Gasteiger partial charge in [-0.05, 0) is 0 Å². The first-order valence-corrected chi connectivity index (χ1v) is 13.4. The van der Waals surface area contributed by atoms with Crippen LogP contribution in [0.25, 0.3) is 11.1 Å². The van der Waals surface area contributed by atoms with Crippen LogP contribution in [0.3, 0.4) is 0 Å². The first-order valence-electron chi connectivity index (χ1n) is 11.0. The van der Waals surface area contributed by atoms with Crippen molar-refractivity contribution >= 4 is 3.27 Å². The molecule has 0 heterocycles.